The van der Waals surface area contributed by atoms with Gasteiger partial charge in [-0.05, 0) is 36.6 Å². The number of ether oxygens (including phenoxy) is 1. The molecule has 5 rings (SSSR count). The van der Waals surface area contributed by atoms with Gasteiger partial charge in [0.05, 0.1) is 40.4 Å². The normalized spacial score (nSPS) is 15.7. The number of aryl methyl sites for hydroxylation is 1. The minimum absolute atomic E-state index is 0.137. The fourth-order valence-electron chi connectivity index (χ4n) is 3.72. The molecule has 1 N–H and O–H groups in total. The van der Waals surface area contributed by atoms with Gasteiger partial charge in [0.2, 0.25) is 10.0 Å². The lowest BCUT2D eigenvalue weighted by atomic mass is 10.3. The maximum Gasteiger partial charge on any atom is 0.268 e. The molecule has 32 heavy (non-hydrogen) atoms. The van der Waals surface area contributed by atoms with Crippen molar-refractivity contribution in [2.75, 3.05) is 26.3 Å². The monoisotopic (exact) mass is 491 g/mol. The number of thiophene rings is 1. The molecule has 4 aromatic rings. The van der Waals surface area contributed by atoms with E-state index in [0.29, 0.717) is 60.2 Å². The third kappa shape index (κ3) is 3.86. The number of morpholine rings is 1. The van der Waals surface area contributed by atoms with Gasteiger partial charge in [0.1, 0.15) is 10.5 Å². The first kappa shape index (κ1) is 21.6. The number of hydrogen-bond acceptors (Lipinski definition) is 8. The van der Waals surface area contributed by atoms with Crippen LogP contribution < -0.4 is 5.56 Å². The van der Waals surface area contributed by atoms with Crippen LogP contribution in [0.2, 0.25) is 0 Å². The molecule has 9 nitrogen and oxygen atoms in total. The summed E-state index contributed by atoms with van der Waals surface area (Å²) in [5, 5.41) is 2.60. The molecule has 1 aromatic carbocycles. The Bertz CT molecular complexity index is 1450. The summed E-state index contributed by atoms with van der Waals surface area (Å²) in [6.07, 6.45) is 0. The number of rotatable bonds is 6. The van der Waals surface area contributed by atoms with Gasteiger partial charge in [-0.15, -0.1) is 11.3 Å². The van der Waals surface area contributed by atoms with Gasteiger partial charge in [0, 0.05) is 19.6 Å². The van der Waals surface area contributed by atoms with E-state index >= 15 is 0 Å². The van der Waals surface area contributed by atoms with Crippen LogP contribution in [0.3, 0.4) is 0 Å². The Morgan fingerprint density at radius 2 is 2.00 bits per heavy atom. The van der Waals surface area contributed by atoms with Crippen molar-refractivity contribution in [3.05, 3.63) is 45.8 Å². The zero-order valence-electron chi connectivity index (χ0n) is 17.3. The summed E-state index contributed by atoms with van der Waals surface area (Å²) in [6, 6.07) is 6.91. The van der Waals surface area contributed by atoms with Gasteiger partial charge in [-0.1, -0.05) is 11.8 Å². The number of thioether (sulfide) groups is 1. The third-order valence-electron chi connectivity index (χ3n) is 5.31. The van der Waals surface area contributed by atoms with Crippen LogP contribution in [0, 0.1) is 0 Å². The molecule has 4 heterocycles. The molecule has 12 heteroatoms. The number of aromatic nitrogens is 4. The molecule has 0 radical (unpaired) electrons. The summed E-state index contributed by atoms with van der Waals surface area (Å²) >= 11 is 2.83. The molecule has 0 aliphatic carbocycles. The number of H-pyrrole nitrogens is 1. The Kier molecular flexibility index (Phi) is 5.80. The number of benzene rings is 1. The van der Waals surface area contributed by atoms with E-state index in [4.69, 9.17) is 9.72 Å². The van der Waals surface area contributed by atoms with Crippen LogP contribution in [-0.2, 0) is 27.1 Å². The Morgan fingerprint density at radius 3 is 2.78 bits per heavy atom. The number of nitrogens with one attached hydrogen (secondary N) is 1. The molecule has 168 valence electrons. The molecule has 0 bridgehead atoms. The van der Waals surface area contributed by atoms with Crippen molar-refractivity contribution in [1.82, 2.24) is 23.8 Å². The van der Waals surface area contributed by atoms with Crippen LogP contribution in [0.1, 0.15) is 12.7 Å². The summed E-state index contributed by atoms with van der Waals surface area (Å²) in [4.78, 5) is 24.5. The van der Waals surface area contributed by atoms with Crippen molar-refractivity contribution in [2.45, 2.75) is 29.3 Å². The highest BCUT2D eigenvalue weighted by atomic mass is 32.2. The highest BCUT2D eigenvalue weighted by Gasteiger charge is 2.27. The van der Waals surface area contributed by atoms with Gasteiger partial charge in [0.25, 0.3) is 5.56 Å². The van der Waals surface area contributed by atoms with E-state index in [0.717, 1.165) is 10.7 Å². The average Bonchev–Trinajstić information content (AvgIpc) is 3.42. The van der Waals surface area contributed by atoms with Gasteiger partial charge < -0.3 is 14.3 Å². The van der Waals surface area contributed by atoms with E-state index < -0.39 is 10.0 Å². The van der Waals surface area contributed by atoms with Crippen LogP contribution in [0.15, 0.2) is 44.5 Å². The third-order valence-corrected chi connectivity index (χ3v) is 9.10. The second-order valence-corrected chi connectivity index (χ2v) is 11.0. The summed E-state index contributed by atoms with van der Waals surface area (Å²) in [5.74, 6) is 1.03. The van der Waals surface area contributed by atoms with Crippen LogP contribution in [0.4, 0.5) is 0 Å². The van der Waals surface area contributed by atoms with Crippen LogP contribution in [0.5, 0.6) is 0 Å². The number of nitrogens with zero attached hydrogens (tertiary/aromatic N) is 4. The largest absolute Gasteiger partial charge is 0.379 e. The molecular weight excluding hydrogens is 470 g/mol. The predicted molar refractivity (Wildman–Crippen MR) is 125 cm³/mol. The topological polar surface area (TPSA) is 110 Å². The number of sulfonamides is 1. The average molecular weight is 492 g/mol. The van der Waals surface area contributed by atoms with E-state index in [1.54, 1.807) is 18.2 Å². The van der Waals surface area contributed by atoms with E-state index in [1.807, 2.05) is 22.9 Å². The van der Waals surface area contributed by atoms with Crippen molar-refractivity contribution in [3.63, 3.8) is 0 Å². The zero-order valence-corrected chi connectivity index (χ0v) is 19.7. The number of aromatic amines is 1. The number of hydrogen-bond donors (Lipinski definition) is 1. The molecule has 0 amide bonds. The van der Waals surface area contributed by atoms with Gasteiger partial charge in [-0.3, -0.25) is 4.79 Å². The van der Waals surface area contributed by atoms with Gasteiger partial charge in [-0.25, -0.2) is 18.4 Å². The van der Waals surface area contributed by atoms with Crippen molar-refractivity contribution >= 4 is 54.4 Å². The molecule has 1 saturated heterocycles. The van der Waals surface area contributed by atoms with Crippen molar-refractivity contribution < 1.29 is 13.2 Å². The van der Waals surface area contributed by atoms with E-state index in [-0.39, 0.29) is 10.5 Å². The molecule has 1 aliphatic rings. The minimum Gasteiger partial charge on any atom is -0.379 e. The highest BCUT2D eigenvalue weighted by Crippen LogP contribution is 2.29. The maximum atomic E-state index is 13.0. The Labute approximate surface area is 192 Å². The quantitative estimate of drug-likeness (QED) is 0.413. The maximum absolute atomic E-state index is 13.0. The summed E-state index contributed by atoms with van der Waals surface area (Å²) in [7, 11) is -3.59. The number of fused-ring (bicyclic) bond motifs is 2. The molecule has 0 atom stereocenters. The standard InChI is InChI=1S/C20H21N5O4S3/c1-2-25-16-4-3-13(32(27,28)24-6-8-29-9-7-24)11-15(16)22-20(25)31-12-17-21-14-5-10-30-18(14)19(26)23-17/h3-5,10-11H,2,6-9,12H2,1H3,(H,21,23,26). The molecule has 0 saturated carbocycles. The van der Waals surface area contributed by atoms with Crippen molar-refractivity contribution in [2.24, 2.45) is 0 Å². The summed E-state index contributed by atoms with van der Waals surface area (Å²) < 4.78 is 35.4. The first-order chi connectivity index (χ1) is 15.5. The lowest BCUT2D eigenvalue weighted by Gasteiger charge is -2.26. The smallest absolute Gasteiger partial charge is 0.268 e. The van der Waals surface area contributed by atoms with Crippen LogP contribution in [0.25, 0.3) is 21.3 Å². The van der Waals surface area contributed by atoms with Gasteiger partial charge >= 0.3 is 0 Å². The number of imidazole rings is 1. The fraction of sp³-hybridized carbons (Fsp3) is 0.350. The molecular formula is C20H21N5O4S3. The molecule has 0 spiro atoms. The second-order valence-electron chi connectivity index (χ2n) is 7.24. The minimum atomic E-state index is -3.59. The van der Waals surface area contributed by atoms with E-state index in [2.05, 4.69) is 9.97 Å². The lowest BCUT2D eigenvalue weighted by Crippen LogP contribution is -2.40. The molecule has 1 aliphatic heterocycles. The Hall–Kier alpha value is -2.25. The summed E-state index contributed by atoms with van der Waals surface area (Å²) in [5.41, 5.74) is 2.04. The second kappa shape index (κ2) is 8.60. The first-order valence-electron chi connectivity index (χ1n) is 10.1. The molecule has 0 unspecified atom stereocenters. The van der Waals surface area contributed by atoms with Gasteiger partial charge in [-0.2, -0.15) is 4.31 Å². The zero-order chi connectivity index (χ0) is 22.3. The van der Waals surface area contributed by atoms with E-state index in [9.17, 15) is 13.2 Å². The van der Waals surface area contributed by atoms with Crippen molar-refractivity contribution in [1.29, 1.82) is 0 Å². The fourth-order valence-corrected chi connectivity index (χ4v) is 6.83. The highest BCUT2D eigenvalue weighted by molar-refractivity contribution is 7.98. The SMILES string of the molecule is CCn1c(SCc2nc3ccsc3c(=O)[nH]2)nc2cc(S(=O)(=O)N3CCOCC3)ccc21. The van der Waals surface area contributed by atoms with Crippen molar-refractivity contribution in [3.8, 4) is 0 Å². The molecule has 1 fully saturated rings. The van der Waals surface area contributed by atoms with Crippen LogP contribution in [-0.4, -0.2) is 58.5 Å². The molecule has 3 aromatic heterocycles. The summed E-state index contributed by atoms with van der Waals surface area (Å²) in [6.45, 7) is 4.21. The predicted octanol–water partition coefficient (Wildman–Crippen LogP) is 2.67. The van der Waals surface area contributed by atoms with E-state index in [1.165, 1.54) is 27.4 Å². The van der Waals surface area contributed by atoms with Crippen LogP contribution >= 0.6 is 23.1 Å². The Morgan fingerprint density at radius 1 is 1.19 bits per heavy atom. The Balaban J connectivity index is 1.44. The lowest BCUT2D eigenvalue weighted by molar-refractivity contribution is 0.0730. The first-order valence-corrected chi connectivity index (χ1v) is 13.5. The van der Waals surface area contributed by atoms with Gasteiger partial charge in [0.15, 0.2) is 5.16 Å².